The fourth-order valence-corrected chi connectivity index (χ4v) is 4.29. The number of amides is 2. The molecule has 1 saturated heterocycles. The van der Waals surface area contributed by atoms with Crippen molar-refractivity contribution in [2.45, 2.75) is 51.5 Å². The molecule has 1 aliphatic heterocycles. The van der Waals surface area contributed by atoms with Gasteiger partial charge in [0.2, 0.25) is 5.91 Å². The van der Waals surface area contributed by atoms with Crippen LogP contribution in [0.5, 0.6) is 0 Å². The minimum atomic E-state index is -0.208. The van der Waals surface area contributed by atoms with E-state index in [0.717, 1.165) is 55.8 Å². The maximum absolute atomic E-state index is 13.3. The van der Waals surface area contributed by atoms with E-state index >= 15 is 0 Å². The summed E-state index contributed by atoms with van der Waals surface area (Å²) in [5.74, 6) is 0.586. The van der Waals surface area contributed by atoms with Crippen molar-refractivity contribution in [1.82, 2.24) is 10.3 Å². The first-order valence-electron chi connectivity index (χ1n) is 11.0. The molecule has 0 bridgehead atoms. The Labute approximate surface area is 178 Å². The molecule has 30 heavy (non-hydrogen) atoms. The van der Waals surface area contributed by atoms with Crippen LogP contribution in [-0.2, 0) is 4.79 Å². The number of hydrogen-bond donors (Lipinski definition) is 1. The minimum Gasteiger partial charge on any atom is -0.357 e. The highest BCUT2D eigenvalue weighted by atomic mass is 16.2. The third kappa shape index (κ3) is 4.81. The van der Waals surface area contributed by atoms with Crippen molar-refractivity contribution < 1.29 is 9.59 Å². The molecule has 1 aromatic carbocycles. The van der Waals surface area contributed by atoms with Gasteiger partial charge in [0.1, 0.15) is 12.4 Å². The van der Waals surface area contributed by atoms with Crippen LogP contribution in [0.4, 0.5) is 11.5 Å². The van der Waals surface area contributed by atoms with Gasteiger partial charge in [-0.05, 0) is 56.9 Å². The van der Waals surface area contributed by atoms with Gasteiger partial charge in [-0.3, -0.25) is 14.5 Å². The van der Waals surface area contributed by atoms with Gasteiger partial charge < -0.3 is 10.2 Å². The van der Waals surface area contributed by atoms with E-state index in [-0.39, 0.29) is 24.4 Å². The molecule has 2 fully saturated rings. The number of aromatic nitrogens is 1. The van der Waals surface area contributed by atoms with Crippen LogP contribution in [0.15, 0.2) is 42.6 Å². The molecule has 2 aromatic rings. The molecule has 1 aromatic heterocycles. The van der Waals surface area contributed by atoms with Crippen molar-refractivity contribution in [3.8, 4) is 0 Å². The van der Waals surface area contributed by atoms with Crippen LogP contribution in [0.25, 0.3) is 0 Å². The van der Waals surface area contributed by atoms with Gasteiger partial charge in [-0.15, -0.1) is 0 Å². The molecule has 1 aliphatic carbocycles. The first kappa shape index (κ1) is 20.4. The maximum Gasteiger partial charge on any atom is 0.260 e. The second-order valence-electron chi connectivity index (χ2n) is 8.37. The fourth-order valence-electron chi connectivity index (χ4n) is 4.29. The topological polar surface area (TPSA) is 65.5 Å². The summed E-state index contributed by atoms with van der Waals surface area (Å²) in [5, 5.41) is 3.09. The predicted octanol–water partition coefficient (Wildman–Crippen LogP) is 3.70. The number of pyridine rings is 1. The largest absolute Gasteiger partial charge is 0.357 e. The Morgan fingerprint density at radius 1 is 1.03 bits per heavy atom. The zero-order valence-electron chi connectivity index (χ0n) is 17.6. The van der Waals surface area contributed by atoms with E-state index in [0.29, 0.717) is 5.56 Å². The highest BCUT2D eigenvalue weighted by Crippen LogP contribution is 2.22. The summed E-state index contributed by atoms with van der Waals surface area (Å²) in [6, 6.07) is 11.7. The van der Waals surface area contributed by atoms with Gasteiger partial charge >= 0.3 is 0 Å². The van der Waals surface area contributed by atoms with Crippen molar-refractivity contribution in [3.05, 3.63) is 53.7 Å². The summed E-state index contributed by atoms with van der Waals surface area (Å²) in [7, 11) is 0. The summed E-state index contributed by atoms with van der Waals surface area (Å²) in [5.41, 5.74) is 2.32. The quantitative estimate of drug-likeness (QED) is 0.795. The lowest BCUT2D eigenvalue weighted by atomic mass is 10.1. The Hall–Kier alpha value is -2.89. The van der Waals surface area contributed by atoms with Gasteiger partial charge in [0, 0.05) is 31.0 Å². The Morgan fingerprint density at radius 3 is 2.37 bits per heavy atom. The summed E-state index contributed by atoms with van der Waals surface area (Å²) in [4.78, 5) is 34.3. The van der Waals surface area contributed by atoms with Gasteiger partial charge in [-0.1, -0.05) is 30.5 Å². The first-order chi connectivity index (χ1) is 14.6. The van der Waals surface area contributed by atoms with E-state index in [1.807, 2.05) is 43.3 Å². The lowest BCUT2D eigenvalue weighted by Gasteiger charge is -2.24. The van der Waals surface area contributed by atoms with E-state index in [1.165, 1.54) is 12.8 Å². The molecular weight excluding hydrogens is 376 g/mol. The lowest BCUT2D eigenvalue weighted by Crippen LogP contribution is -2.43. The number of carbonyl (C=O) groups excluding carboxylic acids is 2. The average molecular weight is 407 g/mol. The second kappa shape index (κ2) is 9.28. The first-order valence-corrected chi connectivity index (χ1v) is 11.0. The van der Waals surface area contributed by atoms with E-state index in [2.05, 4.69) is 15.2 Å². The van der Waals surface area contributed by atoms with Gasteiger partial charge in [0.05, 0.1) is 5.56 Å². The van der Waals surface area contributed by atoms with Crippen LogP contribution in [0.2, 0.25) is 0 Å². The number of carbonyl (C=O) groups is 2. The van der Waals surface area contributed by atoms with Crippen molar-refractivity contribution in [3.63, 3.8) is 0 Å². The third-order valence-electron chi connectivity index (χ3n) is 6.04. The molecule has 6 nitrogen and oxygen atoms in total. The van der Waals surface area contributed by atoms with Crippen LogP contribution in [0, 0.1) is 6.92 Å². The molecule has 0 radical (unpaired) electrons. The van der Waals surface area contributed by atoms with E-state index in [1.54, 1.807) is 11.1 Å². The molecule has 6 heteroatoms. The number of nitrogens with one attached hydrogen (secondary N) is 1. The number of aryl methyl sites for hydroxylation is 1. The van der Waals surface area contributed by atoms with Crippen molar-refractivity contribution in [2.24, 2.45) is 0 Å². The number of anilines is 2. The normalized spacial score (nSPS) is 16.6. The van der Waals surface area contributed by atoms with Gasteiger partial charge in [0.15, 0.2) is 0 Å². The zero-order valence-corrected chi connectivity index (χ0v) is 17.6. The van der Waals surface area contributed by atoms with Crippen LogP contribution in [0.3, 0.4) is 0 Å². The van der Waals surface area contributed by atoms with E-state index in [4.69, 9.17) is 0 Å². The van der Waals surface area contributed by atoms with Gasteiger partial charge in [-0.2, -0.15) is 0 Å². The Morgan fingerprint density at radius 2 is 1.73 bits per heavy atom. The monoisotopic (exact) mass is 406 g/mol. The number of benzene rings is 1. The molecule has 1 saturated carbocycles. The summed E-state index contributed by atoms with van der Waals surface area (Å²) in [6.45, 7) is 4.03. The second-order valence-corrected chi connectivity index (χ2v) is 8.37. The Balaban J connectivity index is 1.52. The highest BCUT2D eigenvalue weighted by molar-refractivity contribution is 6.08. The fraction of sp³-hybridized carbons (Fsp3) is 0.458. The molecule has 0 atom stereocenters. The van der Waals surface area contributed by atoms with Crippen LogP contribution in [0.1, 0.15) is 54.4 Å². The minimum absolute atomic E-state index is 0.00622. The SMILES string of the molecule is Cc1ccc(N(CC(=O)NC2CCCC2)C(=O)c2ccc(N3CCCC3)nc2)cc1. The number of hydrogen-bond acceptors (Lipinski definition) is 4. The predicted molar refractivity (Wildman–Crippen MR) is 119 cm³/mol. The third-order valence-corrected chi connectivity index (χ3v) is 6.04. The summed E-state index contributed by atoms with van der Waals surface area (Å²) >= 11 is 0. The van der Waals surface area contributed by atoms with Crippen molar-refractivity contribution >= 4 is 23.3 Å². The van der Waals surface area contributed by atoms with Crippen molar-refractivity contribution in [2.75, 3.05) is 29.4 Å². The van der Waals surface area contributed by atoms with Gasteiger partial charge in [0.25, 0.3) is 5.91 Å². The van der Waals surface area contributed by atoms with E-state index in [9.17, 15) is 9.59 Å². The molecule has 0 unspecified atom stereocenters. The van der Waals surface area contributed by atoms with Crippen molar-refractivity contribution in [1.29, 1.82) is 0 Å². The van der Waals surface area contributed by atoms with Crippen LogP contribution < -0.4 is 15.1 Å². The Bertz CT molecular complexity index is 867. The summed E-state index contributed by atoms with van der Waals surface area (Å²) < 4.78 is 0. The molecule has 1 N–H and O–H groups in total. The average Bonchev–Trinajstić information content (AvgIpc) is 3.47. The number of rotatable bonds is 6. The smallest absolute Gasteiger partial charge is 0.260 e. The van der Waals surface area contributed by atoms with E-state index < -0.39 is 0 Å². The molecule has 0 spiro atoms. The standard InChI is InChI=1S/C24H30N4O2/c1-18-8-11-21(12-9-18)28(17-23(29)26-20-6-2-3-7-20)24(30)19-10-13-22(25-16-19)27-14-4-5-15-27/h8-13,16,20H,2-7,14-15,17H2,1H3,(H,26,29). The highest BCUT2D eigenvalue weighted by Gasteiger charge is 2.24. The van der Waals surface area contributed by atoms with Crippen LogP contribution in [-0.4, -0.2) is 42.5 Å². The molecule has 2 heterocycles. The molecular formula is C24H30N4O2. The molecule has 4 rings (SSSR count). The Kier molecular flexibility index (Phi) is 6.31. The number of nitrogens with zero attached hydrogens (tertiary/aromatic N) is 3. The molecule has 158 valence electrons. The van der Waals surface area contributed by atoms with Crippen LogP contribution >= 0.6 is 0 Å². The lowest BCUT2D eigenvalue weighted by molar-refractivity contribution is -0.120. The maximum atomic E-state index is 13.3. The van der Waals surface area contributed by atoms with Gasteiger partial charge in [-0.25, -0.2) is 4.98 Å². The zero-order chi connectivity index (χ0) is 20.9. The molecule has 2 aliphatic rings. The molecule has 2 amide bonds. The summed E-state index contributed by atoms with van der Waals surface area (Å²) in [6.07, 6.45) is 8.34.